The first-order valence-corrected chi connectivity index (χ1v) is 12.3. The lowest BCUT2D eigenvalue weighted by Crippen LogP contribution is -2.49. The molecule has 0 spiro atoms. The van der Waals surface area contributed by atoms with Crippen LogP contribution in [0, 0.1) is 22.6 Å². The van der Waals surface area contributed by atoms with Gasteiger partial charge in [0.05, 0.1) is 48.2 Å². The highest BCUT2D eigenvalue weighted by molar-refractivity contribution is 5.82. The molecule has 0 unspecified atom stereocenters. The maximum Gasteiger partial charge on any atom is 0.230 e. The Labute approximate surface area is 220 Å². The molecule has 0 bridgehead atoms. The fraction of sp³-hybridized carbons (Fsp3) is 0.423. The molecule has 0 atom stereocenters. The fourth-order valence-corrected chi connectivity index (χ4v) is 3.82. The van der Waals surface area contributed by atoms with Gasteiger partial charge < -0.3 is 30.0 Å². The first kappa shape index (κ1) is 27.1. The molecule has 3 aromatic rings. The van der Waals surface area contributed by atoms with Crippen molar-refractivity contribution >= 4 is 11.9 Å². The minimum Gasteiger partial charge on any atom is -0.354 e. The van der Waals surface area contributed by atoms with E-state index in [0.717, 1.165) is 6.54 Å². The molecule has 1 aromatic carbocycles. The van der Waals surface area contributed by atoms with Gasteiger partial charge in [-0.3, -0.25) is 4.79 Å². The van der Waals surface area contributed by atoms with Crippen LogP contribution in [0.5, 0.6) is 0 Å². The van der Waals surface area contributed by atoms with Crippen LogP contribution in [0.2, 0.25) is 0 Å². The van der Waals surface area contributed by atoms with Crippen molar-refractivity contribution in [3.63, 3.8) is 0 Å². The molecule has 2 aromatic heterocycles. The summed E-state index contributed by atoms with van der Waals surface area (Å²) in [5, 5.41) is 14.7. The predicted octanol–water partition coefficient (Wildman–Crippen LogP) is 2.73. The Morgan fingerprint density at radius 1 is 1.21 bits per heavy atom. The smallest absolute Gasteiger partial charge is 0.230 e. The van der Waals surface area contributed by atoms with E-state index in [1.165, 1.54) is 12.1 Å². The maximum atomic E-state index is 13.6. The second-order valence-electron chi connectivity index (χ2n) is 9.53. The third-order valence-electron chi connectivity index (χ3n) is 5.99. The second kappa shape index (κ2) is 12.1. The number of likely N-dealkylation sites (N-methyl/N-ethyl adjacent to an activating group) is 1. The molecule has 11 nitrogen and oxygen atoms in total. The van der Waals surface area contributed by atoms with Gasteiger partial charge in [-0.15, -0.1) is 0 Å². The van der Waals surface area contributed by atoms with E-state index in [4.69, 9.17) is 19.7 Å². The zero-order chi connectivity index (χ0) is 27.1. The number of aromatic nitrogens is 4. The van der Waals surface area contributed by atoms with Crippen LogP contribution in [0.4, 0.5) is 10.3 Å². The first-order chi connectivity index (χ1) is 18.3. The number of aromatic amines is 1. The number of carbonyl (C=O) groups excluding carboxylic acids is 1. The molecule has 38 heavy (non-hydrogen) atoms. The van der Waals surface area contributed by atoms with Crippen molar-refractivity contribution in [2.45, 2.75) is 19.6 Å². The molecule has 200 valence electrons. The summed E-state index contributed by atoms with van der Waals surface area (Å²) in [5.74, 6) is 0.258. The summed E-state index contributed by atoms with van der Waals surface area (Å²) < 4.78 is 25.5. The standard InChI is InChI=1S/C26H31FN8O3/c1-26(24(36)29-13-14-35(2)3)15-37-23(38-16-26)22-33-20(17-5-7-18(27)8-6-17)21(34-22)19-9-12-31-25(32-19)30-11-4-10-28/h5-9,12,23H,4,11,13-16H2,1-3H3,(H,29,36)(H,33,34)(H,30,31,32). The average Bonchev–Trinajstić information content (AvgIpc) is 3.35. The molecule has 1 aliphatic heterocycles. The van der Waals surface area contributed by atoms with Gasteiger partial charge in [-0.2, -0.15) is 5.26 Å². The predicted molar refractivity (Wildman–Crippen MR) is 138 cm³/mol. The van der Waals surface area contributed by atoms with Crippen LogP contribution in [0.1, 0.15) is 25.5 Å². The van der Waals surface area contributed by atoms with Crippen molar-refractivity contribution in [3.8, 4) is 28.7 Å². The number of anilines is 1. The Morgan fingerprint density at radius 2 is 1.95 bits per heavy atom. The van der Waals surface area contributed by atoms with E-state index in [1.807, 2.05) is 19.0 Å². The number of nitrogens with zero attached hydrogens (tertiary/aromatic N) is 5. The van der Waals surface area contributed by atoms with E-state index < -0.39 is 11.7 Å². The summed E-state index contributed by atoms with van der Waals surface area (Å²) in [7, 11) is 3.88. The van der Waals surface area contributed by atoms with Gasteiger partial charge in [-0.25, -0.2) is 19.3 Å². The van der Waals surface area contributed by atoms with Gasteiger partial charge in [0, 0.05) is 31.4 Å². The summed E-state index contributed by atoms with van der Waals surface area (Å²) >= 11 is 0. The number of benzene rings is 1. The molecule has 0 aliphatic carbocycles. The largest absolute Gasteiger partial charge is 0.354 e. The van der Waals surface area contributed by atoms with Gasteiger partial charge in [0.25, 0.3) is 0 Å². The summed E-state index contributed by atoms with van der Waals surface area (Å²) in [4.78, 5) is 31.5. The highest BCUT2D eigenvalue weighted by atomic mass is 19.1. The number of carbonyl (C=O) groups is 1. The lowest BCUT2D eigenvalue weighted by atomic mass is 9.91. The number of nitrogens with one attached hydrogen (secondary N) is 3. The van der Waals surface area contributed by atoms with E-state index in [-0.39, 0.29) is 24.9 Å². The van der Waals surface area contributed by atoms with Gasteiger partial charge >= 0.3 is 0 Å². The Hall–Kier alpha value is -3.92. The number of rotatable bonds is 10. The SMILES string of the molecule is CN(C)CCNC(=O)C1(C)COC(c2nc(-c3ccc(F)cc3)c(-c3ccnc(NCCC#N)n3)[nH]2)OC1. The summed E-state index contributed by atoms with van der Waals surface area (Å²) in [6, 6.07) is 9.76. The maximum absolute atomic E-state index is 13.6. The van der Waals surface area contributed by atoms with Crippen molar-refractivity contribution in [1.82, 2.24) is 30.2 Å². The van der Waals surface area contributed by atoms with Gasteiger partial charge in [0.15, 0.2) is 5.82 Å². The van der Waals surface area contributed by atoms with Crippen LogP contribution >= 0.6 is 0 Å². The van der Waals surface area contributed by atoms with Gasteiger partial charge in [0.1, 0.15) is 5.82 Å². The Balaban J connectivity index is 1.56. The highest BCUT2D eigenvalue weighted by Gasteiger charge is 2.40. The number of hydrogen-bond donors (Lipinski definition) is 3. The number of imidazole rings is 1. The Kier molecular flexibility index (Phi) is 8.62. The van der Waals surface area contributed by atoms with Gasteiger partial charge in [0.2, 0.25) is 18.1 Å². The molecule has 4 rings (SSSR count). The number of nitriles is 1. The number of amides is 1. The average molecular weight is 523 g/mol. The van der Waals surface area contributed by atoms with E-state index >= 15 is 0 Å². The van der Waals surface area contributed by atoms with Crippen LogP contribution in [0.3, 0.4) is 0 Å². The molecule has 0 saturated carbocycles. The zero-order valence-electron chi connectivity index (χ0n) is 21.6. The van der Waals surface area contributed by atoms with Crippen LogP contribution in [-0.4, -0.2) is 77.7 Å². The molecular formula is C26H31FN8O3. The van der Waals surface area contributed by atoms with Gasteiger partial charge in [-0.05, 0) is 51.4 Å². The number of H-pyrrole nitrogens is 1. The second-order valence-corrected chi connectivity index (χ2v) is 9.53. The monoisotopic (exact) mass is 522 g/mol. The number of halogens is 1. The van der Waals surface area contributed by atoms with E-state index in [9.17, 15) is 9.18 Å². The zero-order valence-corrected chi connectivity index (χ0v) is 21.6. The van der Waals surface area contributed by atoms with Crippen LogP contribution in [0.15, 0.2) is 36.5 Å². The molecule has 1 fully saturated rings. The van der Waals surface area contributed by atoms with Gasteiger partial charge in [-0.1, -0.05) is 0 Å². The lowest BCUT2D eigenvalue weighted by molar-refractivity contribution is -0.231. The molecule has 1 amide bonds. The molecule has 3 N–H and O–H groups in total. The minimum atomic E-state index is -0.839. The van der Waals surface area contributed by atoms with Crippen molar-refractivity contribution in [2.75, 3.05) is 52.3 Å². The fourth-order valence-electron chi connectivity index (χ4n) is 3.82. The first-order valence-electron chi connectivity index (χ1n) is 12.3. The third-order valence-corrected chi connectivity index (χ3v) is 5.99. The normalized spacial score (nSPS) is 19.2. The summed E-state index contributed by atoms with van der Waals surface area (Å²) in [6.07, 6.45) is 1.08. The number of ether oxygens (including phenoxy) is 2. The molecule has 1 saturated heterocycles. The Bertz CT molecular complexity index is 1280. The molecule has 12 heteroatoms. The van der Waals surface area contributed by atoms with Crippen molar-refractivity contribution in [3.05, 3.63) is 48.2 Å². The van der Waals surface area contributed by atoms with E-state index in [2.05, 4.69) is 31.7 Å². The van der Waals surface area contributed by atoms with E-state index in [0.29, 0.717) is 53.9 Å². The number of hydrogen-bond acceptors (Lipinski definition) is 9. The minimum absolute atomic E-state index is 0.137. The van der Waals surface area contributed by atoms with Crippen molar-refractivity contribution in [2.24, 2.45) is 5.41 Å². The summed E-state index contributed by atoms with van der Waals surface area (Å²) in [6.45, 7) is 3.76. The Morgan fingerprint density at radius 3 is 2.63 bits per heavy atom. The van der Waals surface area contributed by atoms with Crippen LogP contribution in [0.25, 0.3) is 22.6 Å². The molecule has 0 radical (unpaired) electrons. The highest BCUT2D eigenvalue weighted by Crippen LogP contribution is 2.35. The molecule has 1 aliphatic rings. The third kappa shape index (κ3) is 6.49. The van der Waals surface area contributed by atoms with Crippen LogP contribution < -0.4 is 10.6 Å². The van der Waals surface area contributed by atoms with Crippen molar-refractivity contribution in [1.29, 1.82) is 5.26 Å². The summed E-state index contributed by atoms with van der Waals surface area (Å²) in [5.41, 5.74) is 1.47. The topological polar surface area (TPSA) is 141 Å². The van der Waals surface area contributed by atoms with E-state index in [1.54, 1.807) is 31.3 Å². The molecule has 3 heterocycles. The quantitative estimate of drug-likeness (QED) is 0.343. The lowest BCUT2D eigenvalue weighted by Gasteiger charge is -2.35. The molecular weight excluding hydrogens is 491 g/mol. The van der Waals surface area contributed by atoms with Crippen molar-refractivity contribution < 1.29 is 18.7 Å². The van der Waals surface area contributed by atoms with Crippen LogP contribution in [-0.2, 0) is 14.3 Å².